The molecule has 0 spiro atoms. The van der Waals surface area contributed by atoms with Gasteiger partial charge in [0.1, 0.15) is 5.69 Å². The number of hydrogen-bond donors (Lipinski definition) is 2. The summed E-state index contributed by atoms with van der Waals surface area (Å²) >= 11 is 12.0. The third-order valence-corrected chi connectivity index (χ3v) is 5.44. The molecule has 0 atom stereocenters. The normalized spacial score (nSPS) is 11.7. The first kappa shape index (κ1) is 19.4. The van der Waals surface area contributed by atoms with Crippen molar-refractivity contribution in [3.63, 3.8) is 0 Å². The van der Waals surface area contributed by atoms with E-state index in [2.05, 4.69) is 5.32 Å². The number of nitrogens with one attached hydrogen (secondary N) is 1. The Morgan fingerprint density at radius 2 is 1.72 bits per heavy atom. The van der Waals surface area contributed by atoms with Crippen LogP contribution in [0, 0.1) is 0 Å². The van der Waals surface area contributed by atoms with Crippen LogP contribution in [0.4, 0.5) is 17.1 Å². The number of halogens is 2. The summed E-state index contributed by atoms with van der Waals surface area (Å²) in [6, 6.07) is 15.0. The molecule has 3 aromatic rings. The first-order valence-corrected chi connectivity index (χ1v) is 9.84. The van der Waals surface area contributed by atoms with Crippen molar-refractivity contribution < 1.29 is 14.3 Å². The van der Waals surface area contributed by atoms with Gasteiger partial charge in [0, 0.05) is 17.8 Å². The van der Waals surface area contributed by atoms with E-state index < -0.39 is 0 Å². The zero-order valence-electron chi connectivity index (χ0n) is 15.4. The van der Waals surface area contributed by atoms with Gasteiger partial charge in [-0.15, -0.1) is 0 Å². The summed E-state index contributed by atoms with van der Waals surface area (Å²) in [5.74, 6) is 1.54. The lowest BCUT2D eigenvalue weighted by Gasteiger charge is -2.24. The van der Waals surface area contributed by atoms with Crippen LogP contribution in [0.3, 0.4) is 0 Å². The number of anilines is 3. The summed E-state index contributed by atoms with van der Waals surface area (Å²) in [7, 11) is 0. The molecule has 0 saturated carbocycles. The zero-order valence-corrected chi connectivity index (χ0v) is 16.9. The summed E-state index contributed by atoms with van der Waals surface area (Å²) in [6.07, 6.45) is 2.75. The molecule has 0 radical (unpaired) electrons. The molecule has 1 aliphatic heterocycles. The van der Waals surface area contributed by atoms with E-state index in [-0.39, 0.29) is 0 Å². The summed E-state index contributed by atoms with van der Waals surface area (Å²) < 4.78 is 11.0. The largest absolute Gasteiger partial charge is 0.453 e. The van der Waals surface area contributed by atoms with Gasteiger partial charge in [-0.05, 0) is 54.7 Å². The number of benzene rings is 3. The molecule has 0 unspecified atom stereocenters. The second kappa shape index (κ2) is 8.23. The van der Waals surface area contributed by atoms with E-state index in [0.717, 1.165) is 36.1 Å². The topological polar surface area (TPSA) is 73.6 Å². The number of hydrogen-bond acceptors (Lipinski definition) is 5. The fourth-order valence-electron chi connectivity index (χ4n) is 3.31. The molecular formula is C22H18Cl2N2O3. The quantitative estimate of drug-likeness (QED) is 0.285. The summed E-state index contributed by atoms with van der Waals surface area (Å²) in [5.41, 5.74) is 10.0. The molecule has 0 saturated heterocycles. The Balaban J connectivity index is 1.47. The lowest BCUT2D eigenvalue weighted by atomic mass is 10.0. The highest BCUT2D eigenvalue weighted by Crippen LogP contribution is 2.47. The number of rotatable bonds is 6. The van der Waals surface area contributed by atoms with Gasteiger partial charge in [0.15, 0.2) is 17.2 Å². The van der Waals surface area contributed by atoms with Crippen molar-refractivity contribution in [1.82, 2.24) is 0 Å². The van der Waals surface area contributed by atoms with Gasteiger partial charge in [-0.3, -0.25) is 4.79 Å². The van der Waals surface area contributed by atoms with Crippen LogP contribution in [0.15, 0.2) is 48.5 Å². The summed E-state index contributed by atoms with van der Waals surface area (Å²) in [5, 5.41) is 4.39. The van der Waals surface area contributed by atoms with Gasteiger partial charge in [0.2, 0.25) is 0 Å². The molecule has 0 bridgehead atoms. The van der Waals surface area contributed by atoms with Crippen LogP contribution in [0.25, 0.3) is 0 Å². The van der Waals surface area contributed by atoms with Crippen LogP contribution >= 0.6 is 23.2 Å². The summed E-state index contributed by atoms with van der Waals surface area (Å²) in [4.78, 5) is 10.8. The first-order chi connectivity index (χ1) is 14.0. The second-order valence-electron chi connectivity index (χ2n) is 6.77. The number of fused-ring (bicyclic) bond motifs is 2. The maximum Gasteiger partial charge on any atom is 0.298 e. The van der Waals surface area contributed by atoms with Crippen molar-refractivity contribution in [2.24, 2.45) is 0 Å². The van der Waals surface area contributed by atoms with Crippen LogP contribution in [-0.2, 0) is 17.6 Å². The molecule has 0 amide bonds. The molecule has 29 heavy (non-hydrogen) atoms. The van der Waals surface area contributed by atoms with Crippen molar-refractivity contribution in [2.45, 2.75) is 19.3 Å². The molecule has 1 aliphatic rings. The summed E-state index contributed by atoms with van der Waals surface area (Å²) in [6.45, 7) is 0.364. The van der Waals surface area contributed by atoms with Gasteiger partial charge in [-0.25, -0.2) is 0 Å². The fourth-order valence-corrected chi connectivity index (χ4v) is 3.63. The van der Waals surface area contributed by atoms with Crippen LogP contribution < -0.4 is 20.5 Å². The first-order valence-electron chi connectivity index (χ1n) is 9.09. The minimum absolute atomic E-state index is 0.325. The number of nitrogens with two attached hydrogens (primary N) is 1. The highest BCUT2D eigenvalue weighted by atomic mass is 35.5. The Bertz CT molecular complexity index is 1090. The van der Waals surface area contributed by atoms with E-state index in [1.165, 1.54) is 0 Å². The lowest BCUT2D eigenvalue weighted by molar-refractivity contribution is -0.120. The minimum Gasteiger partial charge on any atom is -0.453 e. The Morgan fingerprint density at radius 1 is 0.966 bits per heavy atom. The van der Waals surface area contributed by atoms with E-state index in [9.17, 15) is 4.79 Å². The molecule has 0 aliphatic carbocycles. The minimum atomic E-state index is 0.325. The zero-order chi connectivity index (χ0) is 20.4. The van der Waals surface area contributed by atoms with Crippen molar-refractivity contribution in [3.05, 3.63) is 69.7 Å². The number of aryl methyl sites for hydroxylation is 2. The fraction of sp³-hybridized carbons (Fsp3) is 0.136. The van der Waals surface area contributed by atoms with Crippen molar-refractivity contribution in [3.8, 4) is 17.2 Å². The molecule has 7 heteroatoms. The van der Waals surface area contributed by atoms with E-state index in [4.69, 9.17) is 38.4 Å². The SMILES string of the molecule is Nc1cc(OC=O)c2c(c1)Oc1cc(CCCc3ccc(Cl)c(Cl)c3)ccc1N2. The van der Waals surface area contributed by atoms with Gasteiger partial charge in [-0.1, -0.05) is 35.3 Å². The predicted octanol–water partition coefficient (Wildman–Crippen LogP) is 6.14. The van der Waals surface area contributed by atoms with Gasteiger partial charge >= 0.3 is 0 Å². The molecule has 5 nitrogen and oxygen atoms in total. The van der Waals surface area contributed by atoms with E-state index in [1.54, 1.807) is 12.1 Å². The van der Waals surface area contributed by atoms with Gasteiger partial charge in [0.05, 0.1) is 15.7 Å². The Hall–Kier alpha value is -2.89. The monoisotopic (exact) mass is 428 g/mol. The number of carbonyl (C=O) groups excluding carboxylic acids is 1. The highest BCUT2D eigenvalue weighted by Gasteiger charge is 2.21. The Kier molecular flexibility index (Phi) is 5.51. The van der Waals surface area contributed by atoms with Gasteiger partial charge < -0.3 is 20.5 Å². The van der Waals surface area contributed by atoms with Crippen LogP contribution in [-0.4, -0.2) is 6.47 Å². The maximum atomic E-state index is 10.8. The van der Waals surface area contributed by atoms with Crippen molar-refractivity contribution in [2.75, 3.05) is 11.1 Å². The molecule has 3 aromatic carbocycles. The lowest BCUT2D eigenvalue weighted by Crippen LogP contribution is -2.06. The maximum absolute atomic E-state index is 10.8. The number of ether oxygens (including phenoxy) is 2. The molecule has 0 fully saturated rings. The molecule has 0 aromatic heterocycles. The van der Waals surface area contributed by atoms with E-state index in [0.29, 0.717) is 45.1 Å². The van der Waals surface area contributed by atoms with Crippen LogP contribution in [0.2, 0.25) is 10.0 Å². The van der Waals surface area contributed by atoms with Gasteiger partial charge in [0.25, 0.3) is 6.47 Å². The van der Waals surface area contributed by atoms with Crippen LogP contribution in [0.5, 0.6) is 17.2 Å². The standard InChI is InChI=1S/C22H18Cl2N2O3/c23-16-6-4-13(8-17(16)24)2-1-3-14-5-7-18-19(9-14)29-21-11-15(25)10-20(28-12-27)22(21)26-18/h4-12,26H,1-3,25H2. The molecular weight excluding hydrogens is 411 g/mol. The smallest absolute Gasteiger partial charge is 0.298 e. The molecule has 1 heterocycles. The third-order valence-electron chi connectivity index (χ3n) is 4.70. The van der Waals surface area contributed by atoms with E-state index in [1.807, 2.05) is 36.4 Å². The third kappa shape index (κ3) is 4.26. The van der Waals surface area contributed by atoms with Crippen molar-refractivity contribution >= 4 is 46.7 Å². The molecule has 148 valence electrons. The van der Waals surface area contributed by atoms with Crippen molar-refractivity contribution in [1.29, 1.82) is 0 Å². The number of nitrogen functional groups attached to an aromatic ring is 1. The van der Waals surface area contributed by atoms with E-state index >= 15 is 0 Å². The Morgan fingerprint density at radius 3 is 2.48 bits per heavy atom. The second-order valence-corrected chi connectivity index (χ2v) is 7.58. The number of carbonyl (C=O) groups is 1. The van der Waals surface area contributed by atoms with Gasteiger partial charge in [-0.2, -0.15) is 0 Å². The average molecular weight is 429 g/mol. The molecule has 3 N–H and O–H groups in total. The molecule has 4 rings (SSSR count). The predicted molar refractivity (Wildman–Crippen MR) is 116 cm³/mol. The van der Waals surface area contributed by atoms with Crippen LogP contribution in [0.1, 0.15) is 17.5 Å². The highest BCUT2D eigenvalue weighted by molar-refractivity contribution is 6.42. The average Bonchev–Trinajstić information content (AvgIpc) is 2.69. The Labute approximate surface area is 178 Å².